The number of carboxylic acid groups (broad SMARTS) is 1. The first-order valence-electron chi connectivity index (χ1n) is 3.91. The number of hydrogen-bond acceptors (Lipinski definition) is 2. The molecule has 0 radical (unpaired) electrons. The summed E-state index contributed by atoms with van der Waals surface area (Å²) in [5, 5.41) is 17.1. The van der Waals surface area contributed by atoms with Crippen LogP contribution in [-0.4, -0.2) is 15.6 Å². The maximum atomic E-state index is 10.3. The molecule has 1 aromatic heterocycles. The van der Waals surface area contributed by atoms with Gasteiger partial charge in [-0.1, -0.05) is 0 Å². The predicted octanol–water partition coefficient (Wildman–Crippen LogP) is 0.914. The number of rotatable bonds is 3. The highest BCUT2D eigenvalue weighted by Gasteiger charge is 2.05. The quantitative estimate of drug-likeness (QED) is 0.748. The zero-order valence-electron chi connectivity index (χ0n) is 7.32. The van der Waals surface area contributed by atoms with Crippen LogP contribution in [0, 0.1) is 11.3 Å². The van der Waals surface area contributed by atoms with Gasteiger partial charge in [-0.05, 0) is 18.6 Å². The standard InChI is InChI=1S/C9H10N2O2/c1-11-7(4-5-9(12)13)2-3-8(11)6-10/h2-3H,4-5H2,1H3,(H,12,13). The molecular weight excluding hydrogens is 168 g/mol. The molecule has 1 heterocycles. The van der Waals surface area contributed by atoms with Crippen LogP contribution in [0.25, 0.3) is 0 Å². The van der Waals surface area contributed by atoms with Crippen LogP contribution < -0.4 is 0 Å². The zero-order valence-corrected chi connectivity index (χ0v) is 7.32. The van der Waals surface area contributed by atoms with Crippen molar-refractivity contribution in [2.24, 2.45) is 7.05 Å². The average molecular weight is 178 g/mol. The molecule has 0 saturated carbocycles. The maximum Gasteiger partial charge on any atom is 0.303 e. The van der Waals surface area contributed by atoms with E-state index in [0.29, 0.717) is 12.1 Å². The number of hydrogen-bond donors (Lipinski definition) is 1. The fourth-order valence-corrected chi connectivity index (χ4v) is 1.15. The van der Waals surface area contributed by atoms with E-state index in [1.54, 1.807) is 23.7 Å². The molecule has 0 amide bonds. The van der Waals surface area contributed by atoms with Gasteiger partial charge in [-0.2, -0.15) is 5.26 Å². The molecule has 1 aromatic rings. The molecule has 68 valence electrons. The summed E-state index contributed by atoms with van der Waals surface area (Å²) in [6.45, 7) is 0. The number of carbonyl (C=O) groups is 1. The number of carboxylic acids is 1. The van der Waals surface area contributed by atoms with Crippen LogP contribution in [0.3, 0.4) is 0 Å². The maximum absolute atomic E-state index is 10.3. The summed E-state index contributed by atoms with van der Waals surface area (Å²) in [5.41, 5.74) is 1.43. The minimum atomic E-state index is -0.820. The summed E-state index contributed by atoms with van der Waals surface area (Å²) in [7, 11) is 1.76. The van der Waals surface area contributed by atoms with Gasteiger partial charge in [0.05, 0.1) is 6.42 Å². The third-order valence-corrected chi connectivity index (χ3v) is 1.94. The SMILES string of the molecule is Cn1c(C#N)ccc1CCC(=O)O. The summed E-state index contributed by atoms with van der Waals surface area (Å²) in [5.74, 6) is -0.820. The van der Waals surface area contributed by atoms with Crippen LogP contribution >= 0.6 is 0 Å². The Kier molecular flexibility index (Phi) is 2.70. The van der Waals surface area contributed by atoms with Crippen molar-refractivity contribution >= 4 is 5.97 Å². The Balaban J connectivity index is 2.74. The lowest BCUT2D eigenvalue weighted by molar-refractivity contribution is -0.136. The molecule has 0 fully saturated rings. The Morgan fingerprint density at radius 2 is 2.38 bits per heavy atom. The summed E-state index contributed by atoms with van der Waals surface area (Å²) in [6.07, 6.45) is 0.566. The first-order valence-corrected chi connectivity index (χ1v) is 3.91. The lowest BCUT2D eigenvalue weighted by atomic mass is 10.2. The Hall–Kier alpha value is -1.76. The molecular formula is C9H10N2O2. The van der Waals surface area contributed by atoms with E-state index in [1.807, 2.05) is 6.07 Å². The molecule has 1 rings (SSSR count). The van der Waals surface area contributed by atoms with Crippen molar-refractivity contribution in [3.63, 3.8) is 0 Å². The van der Waals surface area contributed by atoms with Crippen molar-refractivity contribution < 1.29 is 9.90 Å². The van der Waals surface area contributed by atoms with E-state index >= 15 is 0 Å². The van der Waals surface area contributed by atoms with Crippen LogP contribution in [0.4, 0.5) is 0 Å². The van der Waals surface area contributed by atoms with E-state index in [2.05, 4.69) is 0 Å². The van der Waals surface area contributed by atoms with Gasteiger partial charge in [0.2, 0.25) is 0 Å². The number of aryl methyl sites for hydroxylation is 1. The first kappa shape index (κ1) is 9.33. The summed E-state index contributed by atoms with van der Waals surface area (Å²) in [6, 6.07) is 5.49. The zero-order chi connectivity index (χ0) is 9.84. The second-order valence-electron chi connectivity index (χ2n) is 2.77. The molecule has 0 aliphatic rings. The minimum Gasteiger partial charge on any atom is -0.481 e. The largest absolute Gasteiger partial charge is 0.481 e. The number of aliphatic carboxylic acids is 1. The van der Waals surface area contributed by atoms with Crippen LogP contribution in [0.2, 0.25) is 0 Å². The Bertz CT molecular complexity index is 360. The molecule has 1 N–H and O–H groups in total. The highest BCUT2D eigenvalue weighted by atomic mass is 16.4. The van der Waals surface area contributed by atoms with E-state index in [4.69, 9.17) is 10.4 Å². The fraction of sp³-hybridized carbons (Fsp3) is 0.333. The van der Waals surface area contributed by atoms with E-state index in [9.17, 15) is 4.79 Å². The predicted molar refractivity (Wildman–Crippen MR) is 46.1 cm³/mol. The van der Waals surface area contributed by atoms with Crippen molar-refractivity contribution in [3.05, 3.63) is 23.5 Å². The second kappa shape index (κ2) is 3.76. The molecule has 4 heteroatoms. The van der Waals surface area contributed by atoms with Crippen molar-refractivity contribution in [3.8, 4) is 6.07 Å². The Morgan fingerprint density at radius 3 is 2.85 bits per heavy atom. The molecule has 4 nitrogen and oxygen atoms in total. The Labute approximate surface area is 76.0 Å². The first-order chi connectivity index (χ1) is 6.15. The normalized spacial score (nSPS) is 9.54. The summed E-state index contributed by atoms with van der Waals surface area (Å²) in [4.78, 5) is 10.3. The van der Waals surface area contributed by atoms with E-state index in [-0.39, 0.29) is 6.42 Å². The van der Waals surface area contributed by atoms with E-state index in [1.165, 1.54) is 0 Å². The molecule has 0 saturated heterocycles. The second-order valence-corrected chi connectivity index (χ2v) is 2.77. The molecule has 0 aliphatic carbocycles. The van der Waals surface area contributed by atoms with Crippen molar-refractivity contribution in [1.82, 2.24) is 4.57 Å². The molecule has 0 aliphatic heterocycles. The molecule has 13 heavy (non-hydrogen) atoms. The van der Waals surface area contributed by atoms with Crippen molar-refractivity contribution in [1.29, 1.82) is 5.26 Å². The molecule has 0 atom stereocenters. The van der Waals surface area contributed by atoms with Gasteiger partial charge in [-0.15, -0.1) is 0 Å². The van der Waals surface area contributed by atoms with Gasteiger partial charge >= 0.3 is 5.97 Å². The third kappa shape index (κ3) is 2.09. The van der Waals surface area contributed by atoms with Gasteiger partial charge in [0.1, 0.15) is 11.8 Å². The van der Waals surface area contributed by atoms with Crippen LogP contribution in [0.1, 0.15) is 17.8 Å². The van der Waals surface area contributed by atoms with Gasteiger partial charge in [-0.25, -0.2) is 0 Å². The third-order valence-electron chi connectivity index (χ3n) is 1.94. The van der Waals surface area contributed by atoms with Crippen LogP contribution in [0.15, 0.2) is 12.1 Å². The van der Waals surface area contributed by atoms with Crippen molar-refractivity contribution in [2.45, 2.75) is 12.8 Å². The number of nitrogens with zero attached hydrogens (tertiary/aromatic N) is 2. The van der Waals surface area contributed by atoms with E-state index < -0.39 is 5.97 Å². The lowest BCUT2D eigenvalue weighted by Crippen LogP contribution is -2.02. The average Bonchev–Trinajstić information content (AvgIpc) is 2.43. The van der Waals surface area contributed by atoms with Gasteiger partial charge in [-0.3, -0.25) is 4.79 Å². The monoisotopic (exact) mass is 178 g/mol. The molecule has 0 bridgehead atoms. The summed E-state index contributed by atoms with van der Waals surface area (Å²) < 4.78 is 1.71. The Morgan fingerprint density at radius 1 is 1.69 bits per heavy atom. The van der Waals surface area contributed by atoms with Gasteiger partial charge in [0, 0.05) is 12.7 Å². The van der Waals surface area contributed by atoms with Crippen LogP contribution in [-0.2, 0) is 18.3 Å². The topological polar surface area (TPSA) is 66.0 Å². The highest BCUT2D eigenvalue weighted by Crippen LogP contribution is 2.08. The smallest absolute Gasteiger partial charge is 0.303 e. The lowest BCUT2D eigenvalue weighted by Gasteiger charge is -2.01. The van der Waals surface area contributed by atoms with E-state index in [0.717, 1.165) is 5.69 Å². The highest BCUT2D eigenvalue weighted by molar-refractivity contribution is 5.67. The van der Waals surface area contributed by atoms with Gasteiger partial charge in [0.25, 0.3) is 0 Å². The van der Waals surface area contributed by atoms with Crippen LogP contribution in [0.5, 0.6) is 0 Å². The van der Waals surface area contributed by atoms with Gasteiger partial charge < -0.3 is 9.67 Å². The molecule has 0 aromatic carbocycles. The fourth-order valence-electron chi connectivity index (χ4n) is 1.15. The molecule has 0 unspecified atom stereocenters. The van der Waals surface area contributed by atoms with Crippen molar-refractivity contribution in [2.75, 3.05) is 0 Å². The summed E-state index contributed by atoms with van der Waals surface area (Å²) >= 11 is 0. The molecule has 0 spiro atoms. The van der Waals surface area contributed by atoms with Gasteiger partial charge in [0.15, 0.2) is 0 Å². The minimum absolute atomic E-state index is 0.0999. The number of aromatic nitrogens is 1. The number of nitriles is 1.